The molecule has 22 heavy (non-hydrogen) atoms. The van der Waals surface area contributed by atoms with Crippen LogP contribution in [-0.4, -0.2) is 35.0 Å². The molecule has 124 valence electrons. The number of hydrogen-bond donors (Lipinski definition) is 0. The second kappa shape index (κ2) is 13.2. The van der Waals surface area contributed by atoms with Crippen LogP contribution in [0.2, 0.25) is 0 Å². The fraction of sp³-hybridized carbons (Fsp3) is 0.882. The van der Waals surface area contributed by atoms with Crippen molar-refractivity contribution in [2.45, 2.75) is 85.0 Å². The van der Waals surface area contributed by atoms with Gasteiger partial charge in [-0.25, -0.2) is 0 Å². The molecule has 0 rings (SSSR count). The van der Waals surface area contributed by atoms with Crippen molar-refractivity contribution in [3.63, 3.8) is 0 Å². The van der Waals surface area contributed by atoms with Gasteiger partial charge in [-0.1, -0.05) is 78.6 Å². The Bertz CT molecular complexity index is 302. The number of carboxylic acid groups (broad SMARTS) is 2. The molecule has 0 aliphatic carbocycles. The standard InChI is InChI=1S/C17H32O4.Mg/c1-4-5-6-7-8-9-10-11-12-13-17(14(2)3,15(18)19)16(20)21;/h14H,4-13H2,1-3H3,(H,18,19)(H,20,21);/q;+2/p-2. The van der Waals surface area contributed by atoms with E-state index in [0.29, 0.717) is 6.42 Å². The summed E-state index contributed by atoms with van der Waals surface area (Å²) in [6.07, 6.45) is 9.98. The van der Waals surface area contributed by atoms with Gasteiger partial charge in [0, 0.05) is 0 Å². The van der Waals surface area contributed by atoms with Crippen molar-refractivity contribution >= 4 is 35.0 Å². The van der Waals surface area contributed by atoms with Gasteiger partial charge in [-0.2, -0.15) is 0 Å². The van der Waals surface area contributed by atoms with Crippen molar-refractivity contribution in [3.05, 3.63) is 0 Å². The Morgan fingerprint density at radius 3 is 1.50 bits per heavy atom. The number of carboxylic acids is 2. The third-order valence-electron chi connectivity index (χ3n) is 4.39. The predicted octanol–water partition coefficient (Wildman–Crippen LogP) is 1.67. The minimum atomic E-state index is -1.85. The third-order valence-corrected chi connectivity index (χ3v) is 4.39. The minimum absolute atomic E-state index is 0. The first-order chi connectivity index (χ1) is 9.89. The molecule has 0 saturated heterocycles. The fourth-order valence-electron chi connectivity index (χ4n) is 2.76. The van der Waals surface area contributed by atoms with Crippen molar-refractivity contribution in [1.82, 2.24) is 0 Å². The van der Waals surface area contributed by atoms with Gasteiger partial charge in [0.25, 0.3) is 0 Å². The minimum Gasteiger partial charge on any atom is -0.549 e. The van der Waals surface area contributed by atoms with Crippen molar-refractivity contribution < 1.29 is 19.8 Å². The predicted molar refractivity (Wildman–Crippen MR) is 84.9 cm³/mol. The molecule has 0 aromatic heterocycles. The van der Waals surface area contributed by atoms with E-state index in [1.54, 1.807) is 13.8 Å². The van der Waals surface area contributed by atoms with E-state index in [-0.39, 0.29) is 29.5 Å². The van der Waals surface area contributed by atoms with Crippen LogP contribution >= 0.6 is 0 Å². The number of unbranched alkanes of at least 4 members (excludes halogenated alkanes) is 8. The van der Waals surface area contributed by atoms with Crippen LogP contribution in [0, 0.1) is 11.3 Å². The van der Waals surface area contributed by atoms with Gasteiger partial charge in [0.2, 0.25) is 0 Å². The van der Waals surface area contributed by atoms with Gasteiger partial charge in [0.15, 0.2) is 0 Å². The summed E-state index contributed by atoms with van der Waals surface area (Å²) in [5.41, 5.74) is -1.85. The van der Waals surface area contributed by atoms with Gasteiger partial charge < -0.3 is 19.8 Å². The first-order valence-electron chi connectivity index (χ1n) is 8.32. The summed E-state index contributed by atoms with van der Waals surface area (Å²) < 4.78 is 0. The molecule has 0 saturated carbocycles. The summed E-state index contributed by atoms with van der Waals surface area (Å²) in [5.74, 6) is -3.56. The third kappa shape index (κ3) is 7.81. The van der Waals surface area contributed by atoms with Crippen LogP contribution < -0.4 is 10.2 Å². The average molecular weight is 323 g/mol. The molecule has 0 aliphatic rings. The molecule has 0 N–H and O–H groups in total. The van der Waals surface area contributed by atoms with Gasteiger partial charge in [-0.3, -0.25) is 0 Å². The summed E-state index contributed by atoms with van der Waals surface area (Å²) in [5, 5.41) is 22.5. The van der Waals surface area contributed by atoms with Crippen LogP contribution in [0.25, 0.3) is 0 Å². The van der Waals surface area contributed by atoms with Crippen LogP contribution in [0.15, 0.2) is 0 Å². The molecule has 0 unspecified atom stereocenters. The molecule has 0 amide bonds. The van der Waals surface area contributed by atoms with Crippen LogP contribution in [0.3, 0.4) is 0 Å². The summed E-state index contributed by atoms with van der Waals surface area (Å²) in [6.45, 7) is 5.38. The van der Waals surface area contributed by atoms with E-state index in [1.165, 1.54) is 32.1 Å². The zero-order valence-corrected chi connectivity index (χ0v) is 15.9. The van der Waals surface area contributed by atoms with Crippen LogP contribution in [-0.2, 0) is 9.59 Å². The smallest absolute Gasteiger partial charge is 0.549 e. The van der Waals surface area contributed by atoms with Gasteiger partial charge in [-0.15, -0.1) is 0 Å². The maximum atomic E-state index is 11.2. The number of hydrogen-bond acceptors (Lipinski definition) is 4. The van der Waals surface area contributed by atoms with E-state index in [4.69, 9.17) is 0 Å². The average Bonchev–Trinajstić information content (AvgIpc) is 2.39. The maximum absolute atomic E-state index is 11.2. The summed E-state index contributed by atoms with van der Waals surface area (Å²) in [7, 11) is 0. The fourth-order valence-corrected chi connectivity index (χ4v) is 2.76. The van der Waals surface area contributed by atoms with Crippen molar-refractivity contribution in [2.24, 2.45) is 11.3 Å². The number of aliphatic carboxylic acids is 2. The second-order valence-electron chi connectivity index (χ2n) is 6.28. The summed E-state index contributed by atoms with van der Waals surface area (Å²) in [6, 6.07) is 0. The molecule has 0 aliphatic heterocycles. The Morgan fingerprint density at radius 2 is 1.18 bits per heavy atom. The Morgan fingerprint density at radius 1 is 0.818 bits per heavy atom. The van der Waals surface area contributed by atoms with Gasteiger partial charge in [0.05, 0.1) is 17.4 Å². The molecular weight excluding hydrogens is 292 g/mol. The molecule has 5 heteroatoms. The van der Waals surface area contributed by atoms with Crippen molar-refractivity contribution in [1.29, 1.82) is 0 Å². The van der Waals surface area contributed by atoms with Gasteiger partial charge in [0.1, 0.15) is 0 Å². The van der Waals surface area contributed by atoms with Crippen molar-refractivity contribution in [2.75, 3.05) is 0 Å². The van der Waals surface area contributed by atoms with Gasteiger partial charge in [-0.05, 0) is 12.3 Å². The zero-order valence-electron chi connectivity index (χ0n) is 14.5. The van der Waals surface area contributed by atoms with Crippen LogP contribution in [0.1, 0.15) is 85.0 Å². The Hall–Kier alpha value is -0.294. The first kappa shape index (κ1) is 24.0. The molecule has 0 radical (unpaired) electrons. The molecule has 0 fully saturated rings. The number of rotatable bonds is 13. The first-order valence-corrected chi connectivity index (χ1v) is 8.32. The number of carbonyl (C=O) groups excluding carboxylic acids is 2. The summed E-state index contributed by atoms with van der Waals surface area (Å²) >= 11 is 0. The normalized spacial score (nSPS) is 11.3. The van der Waals surface area contributed by atoms with E-state index in [0.717, 1.165) is 19.3 Å². The molecule has 4 nitrogen and oxygen atoms in total. The van der Waals surface area contributed by atoms with E-state index in [2.05, 4.69) is 6.92 Å². The monoisotopic (exact) mass is 322 g/mol. The van der Waals surface area contributed by atoms with E-state index in [1.807, 2.05) is 0 Å². The van der Waals surface area contributed by atoms with Crippen LogP contribution in [0.5, 0.6) is 0 Å². The maximum Gasteiger partial charge on any atom is 2.00 e. The Labute approximate surface area is 151 Å². The second-order valence-corrected chi connectivity index (χ2v) is 6.28. The quantitative estimate of drug-likeness (QED) is 0.293. The molecular formula is C17H30MgO4. The van der Waals surface area contributed by atoms with E-state index in [9.17, 15) is 19.8 Å². The van der Waals surface area contributed by atoms with E-state index >= 15 is 0 Å². The molecule has 0 bridgehead atoms. The Balaban J connectivity index is 0. The summed E-state index contributed by atoms with van der Waals surface area (Å²) in [4.78, 5) is 22.5. The number of carbonyl (C=O) groups is 2. The Kier molecular flexibility index (Phi) is 14.4. The molecule has 0 heterocycles. The zero-order chi connectivity index (χ0) is 16.3. The van der Waals surface area contributed by atoms with Gasteiger partial charge >= 0.3 is 23.1 Å². The van der Waals surface area contributed by atoms with Crippen molar-refractivity contribution in [3.8, 4) is 0 Å². The SMILES string of the molecule is CCCCCCCCCCCC(C(=O)[O-])(C(=O)[O-])C(C)C.[Mg+2]. The molecule has 0 aromatic carbocycles. The molecule has 0 aromatic rings. The molecule has 0 spiro atoms. The molecule has 0 atom stereocenters. The van der Waals surface area contributed by atoms with Crippen LogP contribution in [0.4, 0.5) is 0 Å². The largest absolute Gasteiger partial charge is 2.00 e. The van der Waals surface area contributed by atoms with E-state index < -0.39 is 23.3 Å². The topological polar surface area (TPSA) is 80.3 Å².